The number of hydrogen-bond acceptors (Lipinski definition) is 2. The molecule has 0 radical (unpaired) electrons. The minimum Gasteiger partial charge on any atom is -0.311 e. The van der Waals surface area contributed by atoms with E-state index in [1.165, 1.54) is 32.1 Å². The number of carbonyl (C=O) groups excluding carboxylic acids is 1. The molecule has 2 unspecified atom stereocenters. The second-order valence-electron chi connectivity index (χ2n) is 5.34. The molecular weight excluding hydrogens is 174 g/mol. The van der Waals surface area contributed by atoms with Gasteiger partial charge in [-0.3, -0.25) is 4.79 Å². The molecule has 3 aliphatic rings. The Hall–Kier alpha value is -0.370. The summed E-state index contributed by atoms with van der Waals surface area (Å²) in [5.74, 6) is 1.48. The van der Waals surface area contributed by atoms with Crippen molar-refractivity contribution < 1.29 is 4.79 Å². The number of rotatable bonds is 2. The summed E-state index contributed by atoms with van der Waals surface area (Å²) in [6, 6.07) is 1.34. The molecular formula is C12H19NO. The molecule has 0 aromatic rings. The van der Waals surface area contributed by atoms with Crippen molar-refractivity contribution in [1.29, 1.82) is 0 Å². The van der Waals surface area contributed by atoms with Crippen LogP contribution in [0.15, 0.2) is 0 Å². The van der Waals surface area contributed by atoms with Crippen LogP contribution in [-0.4, -0.2) is 17.9 Å². The van der Waals surface area contributed by atoms with E-state index in [1.807, 2.05) is 0 Å². The Morgan fingerprint density at radius 2 is 1.57 bits per heavy atom. The molecule has 3 rings (SSSR count). The van der Waals surface area contributed by atoms with Crippen LogP contribution in [0.2, 0.25) is 0 Å². The average molecular weight is 193 g/mol. The van der Waals surface area contributed by atoms with E-state index in [4.69, 9.17) is 0 Å². The quantitative estimate of drug-likeness (QED) is 0.725. The molecule has 1 N–H and O–H groups in total. The first-order valence-electron chi connectivity index (χ1n) is 6.12. The fourth-order valence-corrected chi connectivity index (χ4v) is 3.32. The predicted octanol–water partition coefficient (Wildman–Crippen LogP) is 1.89. The summed E-state index contributed by atoms with van der Waals surface area (Å²) in [6.45, 7) is 0. The smallest absolute Gasteiger partial charge is 0.139 e. The largest absolute Gasteiger partial charge is 0.311 e. The van der Waals surface area contributed by atoms with E-state index in [-0.39, 0.29) is 0 Å². The monoisotopic (exact) mass is 193 g/mol. The predicted molar refractivity (Wildman–Crippen MR) is 55.0 cm³/mol. The maximum absolute atomic E-state index is 12.1. The molecule has 0 spiro atoms. The Bertz CT molecular complexity index is 235. The number of nitrogens with one attached hydrogen (secondary N) is 1. The summed E-state index contributed by atoms with van der Waals surface area (Å²) in [5.41, 5.74) is 0. The summed E-state index contributed by atoms with van der Waals surface area (Å²) >= 11 is 0. The second kappa shape index (κ2) is 3.34. The van der Waals surface area contributed by atoms with Crippen LogP contribution < -0.4 is 5.32 Å². The van der Waals surface area contributed by atoms with Gasteiger partial charge in [-0.05, 0) is 38.5 Å². The average Bonchev–Trinajstić information content (AvgIpc) is 2.42. The lowest BCUT2D eigenvalue weighted by Crippen LogP contribution is -2.42. The molecule has 2 nitrogen and oxygen atoms in total. The highest BCUT2D eigenvalue weighted by atomic mass is 16.1. The van der Waals surface area contributed by atoms with Crippen molar-refractivity contribution in [2.45, 2.75) is 57.0 Å². The van der Waals surface area contributed by atoms with Gasteiger partial charge >= 0.3 is 0 Å². The lowest BCUT2D eigenvalue weighted by molar-refractivity contribution is -0.130. The number of fused-ring (bicyclic) bond motifs is 2. The van der Waals surface area contributed by atoms with Crippen molar-refractivity contribution in [3.05, 3.63) is 0 Å². The maximum atomic E-state index is 12.1. The highest BCUT2D eigenvalue weighted by Gasteiger charge is 2.39. The number of ketones is 1. The zero-order chi connectivity index (χ0) is 9.54. The second-order valence-corrected chi connectivity index (χ2v) is 5.34. The molecule has 0 amide bonds. The van der Waals surface area contributed by atoms with Gasteiger partial charge in [0.05, 0.1) is 0 Å². The molecule has 2 heteroatoms. The van der Waals surface area contributed by atoms with Gasteiger partial charge < -0.3 is 5.32 Å². The molecule has 2 bridgehead atoms. The van der Waals surface area contributed by atoms with Gasteiger partial charge in [0.15, 0.2) is 0 Å². The SMILES string of the molecule is O=C(C1CCC1)C1CC2CCC(C1)N2. The third-order valence-electron chi connectivity index (χ3n) is 4.38. The molecule has 3 fully saturated rings. The number of piperidine rings is 1. The first-order valence-corrected chi connectivity index (χ1v) is 6.12. The molecule has 0 aromatic carbocycles. The normalized spacial score (nSPS) is 42.1. The number of carbonyl (C=O) groups is 1. The zero-order valence-electron chi connectivity index (χ0n) is 8.67. The van der Waals surface area contributed by atoms with Crippen LogP contribution in [0.1, 0.15) is 44.9 Å². The van der Waals surface area contributed by atoms with Crippen molar-refractivity contribution in [3.8, 4) is 0 Å². The van der Waals surface area contributed by atoms with E-state index < -0.39 is 0 Å². The third-order valence-corrected chi connectivity index (χ3v) is 4.38. The van der Waals surface area contributed by atoms with Crippen molar-refractivity contribution >= 4 is 5.78 Å². The molecule has 14 heavy (non-hydrogen) atoms. The molecule has 2 atom stereocenters. The van der Waals surface area contributed by atoms with E-state index in [2.05, 4.69) is 5.32 Å². The molecule has 0 aromatic heterocycles. The molecule has 2 saturated heterocycles. The summed E-state index contributed by atoms with van der Waals surface area (Å²) in [5, 5.41) is 3.60. The lowest BCUT2D eigenvalue weighted by atomic mass is 9.74. The summed E-state index contributed by atoms with van der Waals surface area (Å²) in [6.07, 6.45) is 8.51. The fraction of sp³-hybridized carbons (Fsp3) is 0.917. The minimum atomic E-state index is 0.416. The van der Waals surface area contributed by atoms with Gasteiger partial charge in [0.2, 0.25) is 0 Å². The fourth-order valence-electron chi connectivity index (χ4n) is 3.32. The van der Waals surface area contributed by atoms with Crippen molar-refractivity contribution in [3.63, 3.8) is 0 Å². The third kappa shape index (κ3) is 1.40. The van der Waals surface area contributed by atoms with Gasteiger partial charge in [-0.25, -0.2) is 0 Å². The number of Topliss-reactive ketones (excluding diaryl/α,β-unsaturated/α-hetero) is 1. The van der Waals surface area contributed by atoms with Gasteiger partial charge in [-0.2, -0.15) is 0 Å². The lowest BCUT2D eigenvalue weighted by Gasteiger charge is -2.33. The Balaban J connectivity index is 1.64. The Morgan fingerprint density at radius 1 is 0.929 bits per heavy atom. The maximum Gasteiger partial charge on any atom is 0.139 e. The topological polar surface area (TPSA) is 29.1 Å². The van der Waals surface area contributed by atoms with Crippen LogP contribution in [0.4, 0.5) is 0 Å². The summed E-state index contributed by atoms with van der Waals surface area (Å²) < 4.78 is 0. The van der Waals surface area contributed by atoms with E-state index >= 15 is 0 Å². The van der Waals surface area contributed by atoms with Crippen LogP contribution >= 0.6 is 0 Å². The molecule has 1 saturated carbocycles. The van der Waals surface area contributed by atoms with Crippen molar-refractivity contribution in [1.82, 2.24) is 5.32 Å². The molecule has 2 heterocycles. The van der Waals surface area contributed by atoms with Crippen LogP contribution in [0.25, 0.3) is 0 Å². The highest BCUT2D eigenvalue weighted by Crippen LogP contribution is 2.37. The molecule has 2 aliphatic heterocycles. The molecule has 1 aliphatic carbocycles. The van der Waals surface area contributed by atoms with Gasteiger partial charge in [0.1, 0.15) is 5.78 Å². The van der Waals surface area contributed by atoms with Crippen molar-refractivity contribution in [2.75, 3.05) is 0 Å². The van der Waals surface area contributed by atoms with Crippen LogP contribution in [0.3, 0.4) is 0 Å². The van der Waals surface area contributed by atoms with Gasteiger partial charge in [0.25, 0.3) is 0 Å². The van der Waals surface area contributed by atoms with E-state index in [1.54, 1.807) is 0 Å². The Kier molecular flexibility index (Phi) is 2.12. The standard InChI is InChI=1S/C12H19NO/c14-12(8-2-1-3-8)9-6-10-4-5-11(7-9)13-10/h8-11,13H,1-7H2. The Morgan fingerprint density at radius 3 is 2.07 bits per heavy atom. The van der Waals surface area contributed by atoms with Crippen LogP contribution in [0.5, 0.6) is 0 Å². The van der Waals surface area contributed by atoms with Gasteiger partial charge in [0, 0.05) is 23.9 Å². The van der Waals surface area contributed by atoms with Crippen LogP contribution in [0, 0.1) is 11.8 Å². The van der Waals surface area contributed by atoms with Gasteiger partial charge in [-0.15, -0.1) is 0 Å². The van der Waals surface area contributed by atoms with E-state index in [0.29, 0.717) is 29.7 Å². The van der Waals surface area contributed by atoms with Crippen LogP contribution in [-0.2, 0) is 4.79 Å². The molecule has 78 valence electrons. The van der Waals surface area contributed by atoms with Gasteiger partial charge in [-0.1, -0.05) is 6.42 Å². The zero-order valence-corrected chi connectivity index (χ0v) is 8.67. The first-order chi connectivity index (χ1) is 6.83. The summed E-state index contributed by atoms with van der Waals surface area (Å²) in [4.78, 5) is 12.1. The van der Waals surface area contributed by atoms with Crippen molar-refractivity contribution in [2.24, 2.45) is 11.8 Å². The Labute approximate surface area is 85.4 Å². The number of hydrogen-bond donors (Lipinski definition) is 1. The van der Waals surface area contributed by atoms with E-state index in [9.17, 15) is 4.79 Å². The minimum absolute atomic E-state index is 0.416. The highest BCUT2D eigenvalue weighted by molar-refractivity contribution is 5.84. The van der Waals surface area contributed by atoms with E-state index in [0.717, 1.165) is 12.8 Å². The summed E-state index contributed by atoms with van der Waals surface area (Å²) in [7, 11) is 0. The first kappa shape index (κ1) is 8.90.